The van der Waals surface area contributed by atoms with Gasteiger partial charge in [0.15, 0.2) is 11.5 Å². The number of para-hydroxylation sites is 1. The molecule has 2 aliphatic rings. The largest absolute Gasteiger partial charge is 0.493 e. The summed E-state index contributed by atoms with van der Waals surface area (Å²) in [6.07, 6.45) is 0.118. The smallest absolute Gasteiger partial charge is 0.217 e. The Kier molecular flexibility index (Phi) is 4.94. The van der Waals surface area contributed by atoms with Crippen molar-refractivity contribution in [3.63, 3.8) is 0 Å². The topological polar surface area (TPSA) is 43.3 Å². The highest BCUT2D eigenvalue weighted by atomic mass is 35.5. The molecule has 2 aliphatic heterocycles. The number of hydrazone groups is 1. The Morgan fingerprint density at radius 3 is 2.58 bits per heavy atom. The fourth-order valence-corrected chi connectivity index (χ4v) is 4.37. The van der Waals surface area contributed by atoms with Crippen molar-refractivity contribution in [3.8, 4) is 17.2 Å². The zero-order valence-corrected chi connectivity index (χ0v) is 17.8. The van der Waals surface area contributed by atoms with Crippen LogP contribution in [0.5, 0.6) is 17.2 Å². The number of fused-ring (bicyclic) bond motifs is 3. The number of halogens is 2. The van der Waals surface area contributed by atoms with Crippen molar-refractivity contribution in [2.24, 2.45) is 5.10 Å². The van der Waals surface area contributed by atoms with Gasteiger partial charge in [0.25, 0.3) is 0 Å². The Bertz CT molecular complexity index is 1170. The van der Waals surface area contributed by atoms with Crippen LogP contribution in [0.25, 0.3) is 0 Å². The Hall–Kier alpha value is -3.25. The molecule has 0 aromatic heterocycles. The van der Waals surface area contributed by atoms with Crippen molar-refractivity contribution in [1.29, 1.82) is 0 Å². The van der Waals surface area contributed by atoms with Crippen LogP contribution in [0.3, 0.4) is 0 Å². The molecule has 0 amide bonds. The van der Waals surface area contributed by atoms with Gasteiger partial charge in [-0.1, -0.05) is 29.8 Å². The molecule has 2 atom stereocenters. The fourth-order valence-electron chi connectivity index (χ4n) is 4.19. The third-order valence-corrected chi connectivity index (χ3v) is 5.86. The van der Waals surface area contributed by atoms with Gasteiger partial charge in [-0.25, -0.2) is 9.40 Å². The maximum atomic E-state index is 13.4. The van der Waals surface area contributed by atoms with Crippen molar-refractivity contribution in [2.45, 2.75) is 18.7 Å². The normalized spacial score (nSPS) is 19.2. The quantitative estimate of drug-likeness (QED) is 0.521. The van der Waals surface area contributed by atoms with Crippen LogP contribution in [0.2, 0.25) is 5.02 Å². The van der Waals surface area contributed by atoms with Crippen LogP contribution in [0.15, 0.2) is 65.8 Å². The second-order valence-electron chi connectivity index (χ2n) is 7.39. The molecule has 0 saturated carbocycles. The SMILES string of the molecule is COc1cccc([C@H]2Oc3ccc(Cl)cc3[C@@H]3CC(c4ccc(F)cc4)=NN23)c1OC. The summed E-state index contributed by atoms with van der Waals surface area (Å²) >= 11 is 6.29. The lowest BCUT2D eigenvalue weighted by molar-refractivity contribution is -0.0205. The van der Waals surface area contributed by atoms with E-state index in [1.165, 1.54) is 12.1 Å². The molecule has 31 heavy (non-hydrogen) atoms. The molecule has 0 bridgehead atoms. The van der Waals surface area contributed by atoms with Gasteiger partial charge in [0, 0.05) is 17.0 Å². The second-order valence-corrected chi connectivity index (χ2v) is 7.83. The van der Waals surface area contributed by atoms with E-state index in [-0.39, 0.29) is 11.9 Å². The summed E-state index contributed by atoms with van der Waals surface area (Å²) in [6.45, 7) is 0. The first-order chi connectivity index (χ1) is 15.1. The third kappa shape index (κ3) is 3.37. The average molecular weight is 439 g/mol. The molecule has 3 aromatic rings. The van der Waals surface area contributed by atoms with E-state index >= 15 is 0 Å². The minimum absolute atomic E-state index is 0.0802. The van der Waals surface area contributed by atoms with E-state index in [0.29, 0.717) is 22.9 Å². The lowest BCUT2D eigenvalue weighted by atomic mass is 9.95. The predicted molar refractivity (Wildman–Crippen MR) is 117 cm³/mol. The van der Waals surface area contributed by atoms with Crippen LogP contribution >= 0.6 is 11.6 Å². The molecule has 0 saturated heterocycles. The zero-order chi connectivity index (χ0) is 21.5. The summed E-state index contributed by atoms with van der Waals surface area (Å²) in [5, 5.41) is 7.45. The monoisotopic (exact) mass is 438 g/mol. The van der Waals surface area contributed by atoms with Crippen molar-refractivity contribution in [3.05, 3.63) is 88.2 Å². The molecule has 0 fully saturated rings. The van der Waals surface area contributed by atoms with Crippen LogP contribution in [-0.2, 0) is 0 Å². The van der Waals surface area contributed by atoms with E-state index in [0.717, 1.165) is 28.2 Å². The molecular formula is C24H20ClFN2O3. The zero-order valence-electron chi connectivity index (χ0n) is 17.0. The Morgan fingerprint density at radius 1 is 1.03 bits per heavy atom. The maximum absolute atomic E-state index is 13.4. The summed E-state index contributed by atoms with van der Waals surface area (Å²) in [6, 6.07) is 17.6. The summed E-state index contributed by atoms with van der Waals surface area (Å²) in [7, 11) is 3.21. The number of methoxy groups -OCH3 is 2. The van der Waals surface area contributed by atoms with E-state index in [1.54, 1.807) is 26.4 Å². The van der Waals surface area contributed by atoms with E-state index in [1.807, 2.05) is 41.4 Å². The lowest BCUT2D eigenvalue weighted by Gasteiger charge is -2.38. The first-order valence-electron chi connectivity index (χ1n) is 9.88. The van der Waals surface area contributed by atoms with Crippen molar-refractivity contribution < 1.29 is 18.6 Å². The molecule has 158 valence electrons. The van der Waals surface area contributed by atoms with Crippen LogP contribution in [-0.4, -0.2) is 24.9 Å². The fraction of sp³-hybridized carbons (Fsp3) is 0.208. The number of hydrogen-bond donors (Lipinski definition) is 0. The van der Waals surface area contributed by atoms with Crippen molar-refractivity contribution in [2.75, 3.05) is 14.2 Å². The number of nitrogens with zero attached hydrogens (tertiary/aromatic N) is 2. The van der Waals surface area contributed by atoms with Gasteiger partial charge < -0.3 is 14.2 Å². The number of rotatable bonds is 4. The Labute approximate surface area is 184 Å². The lowest BCUT2D eigenvalue weighted by Crippen LogP contribution is -2.34. The molecule has 0 N–H and O–H groups in total. The minimum atomic E-state index is -0.526. The molecule has 0 radical (unpaired) electrons. The molecule has 2 heterocycles. The van der Waals surface area contributed by atoms with Gasteiger partial charge >= 0.3 is 0 Å². The highest BCUT2D eigenvalue weighted by molar-refractivity contribution is 6.30. The first-order valence-corrected chi connectivity index (χ1v) is 10.3. The third-order valence-electron chi connectivity index (χ3n) is 5.63. The number of hydrogen-bond acceptors (Lipinski definition) is 5. The van der Waals surface area contributed by atoms with Gasteiger partial charge in [-0.05, 0) is 48.0 Å². The Balaban J connectivity index is 1.64. The van der Waals surface area contributed by atoms with Gasteiger partial charge in [-0.15, -0.1) is 0 Å². The van der Waals surface area contributed by atoms with E-state index < -0.39 is 6.23 Å². The average Bonchev–Trinajstić information content (AvgIpc) is 3.24. The van der Waals surface area contributed by atoms with E-state index in [4.69, 9.17) is 30.9 Å². The van der Waals surface area contributed by atoms with Gasteiger partial charge in [0.05, 0.1) is 31.5 Å². The van der Waals surface area contributed by atoms with Gasteiger partial charge in [-0.3, -0.25) is 0 Å². The maximum Gasteiger partial charge on any atom is 0.217 e. The predicted octanol–water partition coefficient (Wildman–Crippen LogP) is 5.74. The van der Waals surface area contributed by atoms with Gasteiger partial charge in [0.1, 0.15) is 11.6 Å². The molecule has 0 unspecified atom stereocenters. The standard InChI is InChI=1S/C24H20ClFN2O3/c1-29-22-5-3-4-17(23(22)30-2)24-28-20(18-12-15(25)8-11-21(18)31-24)13-19(27-28)14-6-9-16(26)10-7-14/h3-12,20,24H,13H2,1-2H3/t20-,24+/m0/s1. The first kappa shape index (κ1) is 19.7. The van der Waals surface area contributed by atoms with Gasteiger partial charge in [0.2, 0.25) is 6.23 Å². The summed E-state index contributed by atoms with van der Waals surface area (Å²) in [4.78, 5) is 0. The molecule has 0 aliphatic carbocycles. The van der Waals surface area contributed by atoms with Gasteiger partial charge in [-0.2, -0.15) is 5.10 Å². The van der Waals surface area contributed by atoms with Crippen LogP contribution in [0.1, 0.15) is 35.4 Å². The minimum Gasteiger partial charge on any atom is -0.493 e. The second kappa shape index (κ2) is 7.78. The molecule has 7 heteroatoms. The molecule has 3 aromatic carbocycles. The van der Waals surface area contributed by atoms with E-state index in [9.17, 15) is 4.39 Å². The molecule has 5 nitrogen and oxygen atoms in total. The number of benzene rings is 3. The van der Waals surface area contributed by atoms with Crippen LogP contribution < -0.4 is 14.2 Å². The molecule has 5 rings (SSSR count). The summed E-state index contributed by atoms with van der Waals surface area (Å²) < 4.78 is 31.0. The highest BCUT2D eigenvalue weighted by Gasteiger charge is 2.42. The van der Waals surface area contributed by atoms with Crippen LogP contribution in [0, 0.1) is 5.82 Å². The van der Waals surface area contributed by atoms with Crippen molar-refractivity contribution in [1.82, 2.24) is 5.01 Å². The number of ether oxygens (including phenoxy) is 3. The summed E-state index contributed by atoms with van der Waals surface area (Å²) in [5.41, 5.74) is 3.49. The van der Waals surface area contributed by atoms with E-state index in [2.05, 4.69) is 0 Å². The summed E-state index contributed by atoms with van der Waals surface area (Å²) in [5.74, 6) is 1.68. The highest BCUT2D eigenvalue weighted by Crippen LogP contribution is 2.50. The molecule has 0 spiro atoms. The molecular weight excluding hydrogens is 419 g/mol. The Morgan fingerprint density at radius 2 is 1.84 bits per heavy atom. The van der Waals surface area contributed by atoms with Crippen LogP contribution in [0.4, 0.5) is 4.39 Å². The van der Waals surface area contributed by atoms with Crippen molar-refractivity contribution >= 4 is 17.3 Å².